The Hall–Kier alpha value is -3.60. The van der Waals surface area contributed by atoms with Gasteiger partial charge in [-0.15, -0.1) is 11.3 Å². The number of carboxylic acid groups (broad SMARTS) is 2. The third-order valence-corrected chi connectivity index (χ3v) is 7.60. The predicted molar refractivity (Wildman–Crippen MR) is 139 cm³/mol. The molecule has 1 aliphatic rings. The van der Waals surface area contributed by atoms with Crippen LogP contribution in [0.25, 0.3) is 21.1 Å². The Morgan fingerprint density at radius 3 is 2.54 bits per heavy atom. The van der Waals surface area contributed by atoms with Crippen molar-refractivity contribution in [3.05, 3.63) is 59.7 Å². The Morgan fingerprint density at radius 2 is 1.84 bits per heavy atom. The fourth-order valence-electron chi connectivity index (χ4n) is 4.49. The summed E-state index contributed by atoms with van der Waals surface area (Å²) < 4.78 is 17.9. The molecule has 0 aliphatic heterocycles. The third-order valence-electron chi connectivity index (χ3n) is 6.34. The lowest BCUT2D eigenvalue weighted by Gasteiger charge is -2.30. The summed E-state index contributed by atoms with van der Waals surface area (Å²) >= 11 is 1.88. The van der Waals surface area contributed by atoms with E-state index in [2.05, 4.69) is 23.5 Å². The van der Waals surface area contributed by atoms with Crippen molar-refractivity contribution in [3.63, 3.8) is 0 Å². The molecule has 196 valence electrons. The van der Waals surface area contributed by atoms with Crippen LogP contribution in [0.15, 0.2) is 59.2 Å². The summed E-state index contributed by atoms with van der Waals surface area (Å²) in [6.07, 6.45) is 5.32. The van der Waals surface area contributed by atoms with E-state index in [1.165, 1.54) is 15.0 Å². The lowest BCUT2D eigenvalue weighted by molar-refractivity contribution is -0.159. The molecule has 37 heavy (non-hydrogen) atoms. The molecule has 2 heterocycles. The highest BCUT2D eigenvalue weighted by Gasteiger charge is 2.25. The number of hydrogen-bond donors (Lipinski definition) is 4. The molecule has 0 saturated heterocycles. The van der Waals surface area contributed by atoms with Gasteiger partial charge in [0.1, 0.15) is 29.9 Å². The molecule has 2 aromatic heterocycles. The minimum absolute atomic E-state index is 0.211. The number of nitrogens with one attached hydrogen (secondary N) is 1. The van der Waals surface area contributed by atoms with Crippen molar-refractivity contribution >= 4 is 44.3 Å². The number of thiophene rings is 1. The van der Waals surface area contributed by atoms with Crippen LogP contribution in [0.3, 0.4) is 0 Å². The zero-order valence-electron chi connectivity index (χ0n) is 20.3. The standard InChI is InChI=1S/C25H27NO4S.C2H2O4/c1-28-19-10-7-17-13-23(31-24(17)14-19)16-5-8-18(9-6-16)26-25(27)15-30-22-4-2-3-21-20(22)11-12-29-21;3-1(4)2(5)6/h2-4,7,10-14,16,18,25-27H,5-6,8-9,15H2,1H3;(H,3,4)(H,5,6)/t16?,18?,25-;/m1./s1. The molecule has 1 fully saturated rings. The lowest BCUT2D eigenvalue weighted by atomic mass is 9.85. The average Bonchev–Trinajstić information content (AvgIpc) is 3.55. The molecule has 1 saturated carbocycles. The average molecular weight is 528 g/mol. The molecule has 1 aliphatic carbocycles. The molecule has 4 N–H and O–H groups in total. The first-order valence-corrected chi connectivity index (χ1v) is 12.7. The minimum atomic E-state index is -1.82. The van der Waals surface area contributed by atoms with Crippen LogP contribution in [-0.2, 0) is 9.59 Å². The number of ether oxygens (including phenoxy) is 2. The molecule has 2 aromatic carbocycles. The van der Waals surface area contributed by atoms with Gasteiger partial charge in [-0.25, -0.2) is 9.59 Å². The number of aliphatic carboxylic acids is 2. The Morgan fingerprint density at radius 1 is 1.08 bits per heavy atom. The van der Waals surface area contributed by atoms with Gasteiger partial charge in [0, 0.05) is 15.6 Å². The summed E-state index contributed by atoms with van der Waals surface area (Å²) in [5.41, 5.74) is 0.790. The maximum atomic E-state index is 10.4. The summed E-state index contributed by atoms with van der Waals surface area (Å²) in [6, 6.07) is 16.5. The zero-order valence-corrected chi connectivity index (χ0v) is 21.1. The van der Waals surface area contributed by atoms with Crippen LogP contribution in [0, 0.1) is 0 Å². The Bertz CT molecular complexity index is 1340. The van der Waals surface area contributed by atoms with E-state index in [4.69, 9.17) is 33.7 Å². The number of carboxylic acids is 2. The van der Waals surface area contributed by atoms with Crippen molar-refractivity contribution < 1.29 is 38.8 Å². The highest BCUT2D eigenvalue weighted by Crippen LogP contribution is 2.40. The molecule has 0 amide bonds. The Balaban J connectivity index is 0.000000480. The van der Waals surface area contributed by atoms with E-state index >= 15 is 0 Å². The number of furan rings is 1. The largest absolute Gasteiger partial charge is 0.497 e. The van der Waals surface area contributed by atoms with E-state index < -0.39 is 18.2 Å². The zero-order chi connectivity index (χ0) is 26.4. The first kappa shape index (κ1) is 26.5. The van der Waals surface area contributed by atoms with E-state index in [1.807, 2.05) is 41.7 Å². The number of aliphatic hydroxyl groups excluding tert-OH is 1. The molecule has 0 unspecified atom stereocenters. The number of rotatable bonds is 7. The van der Waals surface area contributed by atoms with E-state index in [0.29, 0.717) is 12.0 Å². The first-order valence-electron chi connectivity index (χ1n) is 11.9. The van der Waals surface area contributed by atoms with Crippen LogP contribution in [0.5, 0.6) is 11.5 Å². The SMILES string of the molecule is COc1ccc2cc(C3CCC(N[C@H](O)COc4cccc5occc45)CC3)sc2c1.O=C(O)C(=O)O. The van der Waals surface area contributed by atoms with Crippen LogP contribution in [0.4, 0.5) is 0 Å². The molecular weight excluding hydrogens is 498 g/mol. The number of benzene rings is 2. The van der Waals surface area contributed by atoms with Crippen LogP contribution in [0.1, 0.15) is 36.5 Å². The van der Waals surface area contributed by atoms with Gasteiger partial charge in [-0.05, 0) is 79.5 Å². The van der Waals surface area contributed by atoms with Crippen LogP contribution in [0.2, 0.25) is 0 Å². The van der Waals surface area contributed by atoms with Crippen molar-refractivity contribution in [2.75, 3.05) is 13.7 Å². The molecule has 0 radical (unpaired) electrons. The van der Waals surface area contributed by atoms with E-state index in [1.54, 1.807) is 13.4 Å². The topological polar surface area (TPSA) is 138 Å². The normalized spacial score (nSPS) is 18.1. The quantitative estimate of drug-likeness (QED) is 0.197. The summed E-state index contributed by atoms with van der Waals surface area (Å²) in [4.78, 5) is 19.7. The first-order chi connectivity index (χ1) is 17.8. The van der Waals surface area contributed by atoms with Crippen LogP contribution in [-0.4, -0.2) is 53.2 Å². The smallest absolute Gasteiger partial charge is 0.414 e. The highest BCUT2D eigenvalue weighted by atomic mass is 32.1. The third kappa shape index (κ3) is 6.79. The van der Waals surface area contributed by atoms with Gasteiger partial charge in [-0.3, -0.25) is 5.32 Å². The van der Waals surface area contributed by atoms with E-state index in [9.17, 15) is 5.11 Å². The number of fused-ring (bicyclic) bond motifs is 2. The second kappa shape index (κ2) is 12.1. The second-order valence-electron chi connectivity index (χ2n) is 8.79. The van der Waals surface area contributed by atoms with Gasteiger partial charge in [-0.2, -0.15) is 0 Å². The van der Waals surface area contributed by atoms with Crippen LogP contribution < -0.4 is 14.8 Å². The number of aliphatic hydroxyl groups is 1. The van der Waals surface area contributed by atoms with Crippen molar-refractivity contribution in [2.24, 2.45) is 0 Å². The molecule has 5 rings (SSSR count). The molecule has 9 nitrogen and oxygen atoms in total. The molecule has 1 atom stereocenters. The van der Waals surface area contributed by atoms with Gasteiger partial charge in [0.15, 0.2) is 0 Å². The monoisotopic (exact) mass is 527 g/mol. The van der Waals surface area contributed by atoms with Crippen LogP contribution >= 0.6 is 11.3 Å². The lowest BCUT2D eigenvalue weighted by Crippen LogP contribution is -2.43. The van der Waals surface area contributed by atoms with E-state index in [0.717, 1.165) is 48.2 Å². The summed E-state index contributed by atoms with van der Waals surface area (Å²) in [5, 5.41) is 30.8. The Labute approximate surface area is 217 Å². The van der Waals surface area contributed by atoms with Crippen molar-refractivity contribution in [1.82, 2.24) is 5.32 Å². The van der Waals surface area contributed by atoms with Gasteiger partial charge >= 0.3 is 11.9 Å². The Kier molecular flexibility index (Phi) is 8.65. The number of hydrogen-bond acceptors (Lipinski definition) is 8. The molecule has 0 bridgehead atoms. The van der Waals surface area contributed by atoms with Gasteiger partial charge in [-0.1, -0.05) is 6.07 Å². The molecule has 10 heteroatoms. The summed E-state index contributed by atoms with van der Waals surface area (Å²) in [6.45, 7) is 0.211. The van der Waals surface area contributed by atoms with Gasteiger partial charge in [0.25, 0.3) is 0 Å². The number of carbonyl (C=O) groups is 2. The maximum Gasteiger partial charge on any atom is 0.414 e. The van der Waals surface area contributed by atoms with Crippen molar-refractivity contribution in [2.45, 2.75) is 43.9 Å². The summed E-state index contributed by atoms with van der Waals surface area (Å²) in [5.74, 6) is -1.41. The van der Waals surface area contributed by atoms with Gasteiger partial charge in [0.2, 0.25) is 0 Å². The number of methoxy groups -OCH3 is 1. The van der Waals surface area contributed by atoms with E-state index in [-0.39, 0.29) is 6.61 Å². The fourth-order valence-corrected chi connectivity index (χ4v) is 5.75. The predicted octanol–water partition coefficient (Wildman–Crippen LogP) is 4.82. The van der Waals surface area contributed by atoms with Crippen molar-refractivity contribution in [1.29, 1.82) is 0 Å². The van der Waals surface area contributed by atoms with Gasteiger partial charge in [0.05, 0.1) is 18.8 Å². The van der Waals surface area contributed by atoms with Crippen molar-refractivity contribution in [3.8, 4) is 11.5 Å². The molecular formula is C27H29NO8S. The molecule has 4 aromatic rings. The van der Waals surface area contributed by atoms with Gasteiger partial charge < -0.3 is 29.2 Å². The molecule has 0 spiro atoms. The fraction of sp³-hybridized carbons (Fsp3) is 0.333. The highest BCUT2D eigenvalue weighted by molar-refractivity contribution is 7.19. The second-order valence-corrected chi connectivity index (χ2v) is 9.91. The summed E-state index contributed by atoms with van der Waals surface area (Å²) in [7, 11) is 1.71. The maximum absolute atomic E-state index is 10.4. The minimum Gasteiger partial charge on any atom is -0.497 e.